The number of carbonyl (C=O) groups excluding carboxylic acids is 13. The van der Waals surface area contributed by atoms with Gasteiger partial charge in [0, 0.05) is 45.3 Å². The summed E-state index contributed by atoms with van der Waals surface area (Å²) in [5.41, 5.74) is 40.6. The molecular formula is C63H98N18O13S. The van der Waals surface area contributed by atoms with Gasteiger partial charge in [-0.25, -0.2) is 0 Å². The van der Waals surface area contributed by atoms with Crippen molar-refractivity contribution in [2.75, 3.05) is 44.7 Å². The number of carbonyl (C=O) groups is 13. The van der Waals surface area contributed by atoms with Crippen molar-refractivity contribution in [2.24, 2.45) is 51.0 Å². The van der Waals surface area contributed by atoms with Gasteiger partial charge in [0.2, 0.25) is 76.8 Å². The summed E-state index contributed by atoms with van der Waals surface area (Å²) in [6.07, 6.45) is 3.12. The lowest BCUT2D eigenvalue weighted by atomic mass is 10.0. The van der Waals surface area contributed by atoms with E-state index in [0.29, 0.717) is 55.4 Å². The standard InChI is InChI=1S/C63H98N18O13S/c1-37(2)33-45(57(89)74-41(53(68)85)27-32-95-3)73-52(84)36-72-54(86)46(34-38-15-6-4-7-16-38)78-58(90)47(35-39-17-8-5-9-18-39)79-56(88)42(23-25-50(66)82)75-55(87)43(24-26-51(67)83)76-59(91)49-22-14-31-81(49)62(94)44(20-10-11-28-64)77-60(92)48-21-13-30-80(48)61(93)40(65)19-12-29-71-63(69)70/h4-9,15-18,37,40-49H,10-14,19-36,64-65H2,1-3H3,(H2,66,82)(H2,67,83)(H2,68,85)(H,72,86)(H,73,84)(H,74,89)(H,75,87)(H,76,91)(H,77,92)(H,78,90)(H,79,88)(H4,69,70,71)/t40-,41-,42+,43+,44-,45-,46+,47+,48-,49+/m0/s1. The molecule has 2 heterocycles. The Kier molecular flexibility index (Phi) is 33.9. The topological polar surface area (TPSA) is 519 Å². The fraction of sp³-hybridized carbons (Fsp3) is 0.587. The summed E-state index contributed by atoms with van der Waals surface area (Å²) in [6, 6.07) is 4.51. The molecule has 0 saturated carbocycles. The fourth-order valence-electron chi connectivity index (χ4n) is 11.0. The lowest BCUT2D eigenvalue weighted by Gasteiger charge is -2.32. The summed E-state index contributed by atoms with van der Waals surface area (Å²) < 4.78 is 0. The van der Waals surface area contributed by atoms with Gasteiger partial charge < -0.3 is 92.5 Å². The van der Waals surface area contributed by atoms with Gasteiger partial charge in [0.25, 0.3) is 0 Å². The van der Waals surface area contributed by atoms with E-state index in [9.17, 15) is 62.3 Å². The third-order valence-corrected chi connectivity index (χ3v) is 16.7. The van der Waals surface area contributed by atoms with Crippen LogP contribution in [0.3, 0.4) is 0 Å². The lowest BCUT2D eigenvalue weighted by molar-refractivity contribution is -0.144. The number of guanidine groups is 1. The van der Waals surface area contributed by atoms with Crippen LogP contribution in [0.2, 0.25) is 0 Å². The maximum Gasteiger partial charge on any atom is 0.245 e. The molecule has 2 aliphatic rings. The van der Waals surface area contributed by atoms with Crippen LogP contribution >= 0.6 is 11.8 Å². The van der Waals surface area contributed by atoms with Crippen molar-refractivity contribution in [2.45, 2.75) is 183 Å². The Labute approximate surface area is 558 Å². The summed E-state index contributed by atoms with van der Waals surface area (Å²) in [6.45, 7) is 3.86. The van der Waals surface area contributed by atoms with Crippen LogP contribution in [0.4, 0.5) is 0 Å². The van der Waals surface area contributed by atoms with Gasteiger partial charge in [0.05, 0.1) is 12.6 Å². The molecule has 0 radical (unpaired) electrons. The number of nitrogens with zero attached hydrogens (tertiary/aromatic N) is 3. The number of hydrogen-bond acceptors (Lipinski definition) is 17. The fourth-order valence-corrected chi connectivity index (χ4v) is 11.5. The molecule has 0 spiro atoms. The second-order valence-corrected chi connectivity index (χ2v) is 25.1. The molecule has 2 aromatic rings. The lowest BCUT2D eigenvalue weighted by Crippen LogP contribution is -2.60. The minimum atomic E-state index is -1.64. The number of likely N-dealkylation sites (tertiary alicyclic amines) is 2. The smallest absolute Gasteiger partial charge is 0.245 e. The molecule has 2 saturated heterocycles. The molecule has 4 rings (SSSR count). The Morgan fingerprint density at radius 2 is 1.01 bits per heavy atom. The summed E-state index contributed by atoms with van der Waals surface area (Å²) >= 11 is 1.45. The minimum Gasteiger partial charge on any atom is -0.370 e. The van der Waals surface area contributed by atoms with Crippen LogP contribution in [-0.2, 0) is 75.2 Å². The Morgan fingerprint density at radius 1 is 0.537 bits per heavy atom. The third kappa shape index (κ3) is 27.5. The first-order valence-electron chi connectivity index (χ1n) is 32.2. The summed E-state index contributed by atoms with van der Waals surface area (Å²) in [5, 5.41) is 21.1. The molecule has 95 heavy (non-hydrogen) atoms. The number of benzene rings is 2. The molecule has 10 atom stereocenters. The Hall–Kier alpha value is -8.91. The average Bonchev–Trinajstić information content (AvgIpc) is 1.74. The van der Waals surface area contributed by atoms with E-state index in [1.54, 1.807) is 60.7 Å². The molecule has 0 aliphatic carbocycles. The van der Waals surface area contributed by atoms with E-state index >= 15 is 0 Å². The molecule has 32 heteroatoms. The minimum absolute atomic E-state index is 0.0736. The normalized spacial score (nSPS) is 16.8. The van der Waals surface area contributed by atoms with Crippen molar-refractivity contribution >= 4 is 94.5 Å². The van der Waals surface area contributed by atoms with Gasteiger partial charge in [-0.3, -0.25) is 67.3 Å². The van der Waals surface area contributed by atoms with Gasteiger partial charge in [-0.2, -0.15) is 11.8 Å². The zero-order chi connectivity index (χ0) is 70.1. The summed E-state index contributed by atoms with van der Waals surface area (Å²) in [7, 11) is 0. The molecular weight excluding hydrogens is 1250 g/mol. The van der Waals surface area contributed by atoms with Crippen molar-refractivity contribution < 1.29 is 62.3 Å². The number of unbranched alkanes of at least 4 members (excludes halogenated alkanes) is 1. The number of nitrogens with one attached hydrogen (secondary N) is 8. The molecule has 2 aliphatic heterocycles. The molecule has 22 N–H and O–H groups in total. The molecule has 524 valence electrons. The van der Waals surface area contributed by atoms with Gasteiger partial charge >= 0.3 is 0 Å². The van der Waals surface area contributed by atoms with Crippen molar-refractivity contribution in [1.82, 2.24) is 52.3 Å². The highest BCUT2D eigenvalue weighted by Gasteiger charge is 2.42. The van der Waals surface area contributed by atoms with Crippen LogP contribution < -0.4 is 82.7 Å². The van der Waals surface area contributed by atoms with E-state index in [1.165, 1.54) is 21.6 Å². The first-order valence-corrected chi connectivity index (χ1v) is 33.6. The van der Waals surface area contributed by atoms with Crippen LogP contribution in [-0.4, -0.2) is 198 Å². The predicted octanol–water partition coefficient (Wildman–Crippen LogP) is -3.71. The van der Waals surface area contributed by atoms with E-state index in [2.05, 4.69) is 47.5 Å². The number of rotatable bonds is 42. The van der Waals surface area contributed by atoms with E-state index in [-0.39, 0.29) is 83.0 Å². The van der Waals surface area contributed by atoms with Crippen LogP contribution in [0.25, 0.3) is 0 Å². The van der Waals surface area contributed by atoms with Crippen LogP contribution in [0, 0.1) is 5.92 Å². The summed E-state index contributed by atoms with van der Waals surface area (Å²) in [5.74, 6) is -9.80. The molecule has 2 fully saturated rings. The largest absolute Gasteiger partial charge is 0.370 e. The van der Waals surface area contributed by atoms with Crippen LogP contribution in [0.1, 0.15) is 121 Å². The van der Waals surface area contributed by atoms with Gasteiger partial charge in [-0.1, -0.05) is 74.5 Å². The van der Waals surface area contributed by atoms with E-state index in [1.807, 2.05) is 20.1 Å². The van der Waals surface area contributed by atoms with E-state index in [0.717, 1.165) is 0 Å². The number of thioether (sulfide) groups is 1. The molecule has 0 bridgehead atoms. The molecule has 2 aromatic carbocycles. The number of nitrogens with two attached hydrogens (primary N) is 7. The zero-order valence-electron chi connectivity index (χ0n) is 54.5. The highest BCUT2D eigenvalue weighted by molar-refractivity contribution is 7.98. The van der Waals surface area contributed by atoms with Crippen LogP contribution in [0.5, 0.6) is 0 Å². The molecule has 0 aromatic heterocycles. The number of primary amides is 3. The maximum atomic E-state index is 14.7. The highest BCUT2D eigenvalue weighted by atomic mass is 32.2. The second-order valence-electron chi connectivity index (χ2n) is 24.1. The van der Waals surface area contributed by atoms with Gasteiger partial charge in [-0.15, -0.1) is 0 Å². The molecule has 0 unspecified atom stereocenters. The average molecular weight is 1350 g/mol. The van der Waals surface area contributed by atoms with Crippen molar-refractivity contribution in [3.8, 4) is 0 Å². The number of hydrogen-bond donors (Lipinski definition) is 15. The first-order chi connectivity index (χ1) is 45.2. The maximum absolute atomic E-state index is 14.7. The Morgan fingerprint density at radius 3 is 1.51 bits per heavy atom. The first kappa shape index (κ1) is 78.5. The molecule has 31 nitrogen and oxygen atoms in total. The monoisotopic (exact) mass is 1350 g/mol. The Balaban J connectivity index is 1.56. The van der Waals surface area contributed by atoms with E-state index < -0.39 is 169 Å². The van der Waals surface area contributed by atoms with Crippen LogP contribution in [0.15, 0.2) is 65.7 Å². The Bertz CT molecular complexity index is 2960. The van der Waals surface area contributed by atoms with E-state index in [4.69, 9.17) is 40.1 Å². The van der Waals surface area contributed by atoms with Crippen molar-refractivity contribution in [3.05, 3.63) is 71.8 Å². The molecule has 13 amide bonds. The zero-order valence-corrected chi connectivity index (χ0v) is 55.3. The van der Waals surface area contributed by atoms with Gasteiger partial charge in [-0.05, 0) is 119 Å². The quantitative estimate of drug-likeness (QED) is 0.0173. The number of amides is 13. The van der Waals surface area contributed by atoms with Crippen molar-refractivity contribution in [1.29, 1.82) is 0 Å². The summed E-state index contributed by atoms with van der Waals surface area (Å²) in [4.78, 5) is 185. The highest BCUT2D eigenvalue weighted by Crippen LogP contribution is 2.24. The SMILES string of the molecule is CSCC[C@H](NC(=O)[C@H](CC(C)C)NC(=O)CNC(=O)[C@@H](Cc1ccccc1)NC(=O)[C@@H](Cc1ccccc1)NC(=O)[C@@H](CCC(N)=O)NC(=O)[C@@H](CCC(N)=O)NC(=O)[C@H]1CCCN1C(=O)[C@H](CCCCN)NC(=O)[C@@H]1CCCN1C(=O)[C@@H](N)CCCN=C(N)N)C(N)=O. The third-order valence-electron chi connectivity index (χ3n) is 16.0. The predicted molar refractivity (Wildman–Crippen MR) is 356 cm³/mol. The van der Waals surface area contributed by atoms with Crippen molar-refractivity contribution in [3.63, 3.8) is 0 Å². The van der Waals surface area contributed by atoms with Gasteiger partial charge in [0.1, 0.15) is 54.4 Å². The van der Waals surface area contributed by atoms with Gasteiger partial charge in [0.15, 0.2) is 5.96 Å². The second kappa shape index (κ2) is 41.0. The number of aliphatic imine (C=N–C) groups is 1.